The third-order valence-electron chi connectivity index (χ3n) is 12.1. The monoisotopic (exact) mass is 924 g/mol. The van der Waals surface area contributed by atoms with Crippen LogP contribution in [0.5, 0.6) is 0 Å². The van der Waals surface area contributed by atoms with Gasteiger partial charge in [0, 0.05) is 5.92 Å². The van der Waals surface area contributed by atoms with E-state index in [4.69, 9.17) is 42.6 Å². The maximum atomic E-state index is 7.46. The molecule has 0 radical (unpaired) electrons. The Morgan fingerprint density at radius 3 is 1.13 bits per heavy atom. The van der Waals surface area contributed by atoms with E-state index < -0.39 is 49.0 Å². The lowest BCUT2D eigenvalue weighted by Crippen LogP contribution is -2.64. The predicted octanol–water partition coefficient (Wildman–Crippen LogP) is 11.0. The van der Waals surface area contributed by atoms with E-state index in [0.29, 0.717) is 33.0 Å². The minimum Gasteiger partial charge on any atom is -0.374 e. The summed E-state index contributed by atoms with van der Waals surface area (Å²) in [5, 5.41) is 0. The van der Waals surface area contributed by atoms with Crippen LogP contribution in [-0.4, -0.2) is 73.4 Å². The highest BCUT2D eigenvalue weighted by molar-refractivity contribution is 7.99. The van der Waals surface area contributed by atoms with Gasteiger partial charge in [-0.25, -0.2) is 0 Å². The molecule has 6 aromatic rings. The minimum atomic E-state index is -0.970. The minimum absolute atomic E-state index is 0.0617. The molecular formula is C57H64O9S. The van der Waals surface area contributed by atoms with E-state index in [-0.39, 0.29) is 31.2 Å². The Morgan fingerprint density at radius 2 is 0.731 bits per heavy atom. The van der Waals surface area contributed by atoms with Gasteiger partial charge in [-0.2, -0.15) is 0 Å². The average Bonchev–Trinajstić information content (AvgIpc) is 3.38. The highest BCUT2D eigenvalue weighted by Gasteiger charge is 2.53. The molecule has 0 spiro atoms. The summed E-state index contributed by atoms with van der Waals surface area (Å²) < 4.78 is 62.8. The van der Waals surface area contributed by atoms with E-state index in [2.05, 4.69) is 86.6 Å². The van der Waals surface area contributed by atoms with E-state index in [1.807, 2.05) is 109 Å². The first kappa shape index (κ1) is 48.8. The molecule has 8 rings (SSSR count). The molecule has 0 aromatic heterocycles. The summed E-state index contributed by atoms with van der Waals surface area (Å²) in [7, 11) is 0. The Hall–Kier alpha value is -4.69. The van der Waals surface area contributed by atoms with Crippen molar-refractivity contribution in [1.29, 1.82) is 0 Å². The number of benzene rings is 6. The van der Waals surface area contributed by atoms with Gasteiger partial charge in [0.25, 0.3) is 0 Å². The van der Waals surface area contributed by atoms with Gasteiger partial charge in [-0.15, -0.1) is 11.8 Å². The van der Waals surface area contributed by atoms with Gasteiger partial charge in [0.1, 0.15) is 42.1 Å². The van der Waals surface area contributed by atoms with Crippen molar-refractivity contribution in [2.75, 3.05) is 19.0 Å². The van der Waals surface area contributed by atoms with Crippen LogP contribution in [0, 0.1) is 5.92 Å². The van der Waals surface area contributed by atoms with E-state index >= 15 is 0 Å². The topological polar surface area (TPSA) is 83.1 Å². The van der Waals surface area contributed by atoms with E-state index in [1.165, 1.54) is 0 Å². The Morgan fingerprint density at radius 1 is 0.388 bits per heavy atom. The summed E-state index contributed by atoms with van der Waals surface area (Å²) in [6, 6.07) is 61.0. The first-order valence-corrected chi connectivity index (χ1v) is 24.6. The molecule has 2 aliphatic rings. The SMILES string of the molecule is CCS[C@@H]1OC(COCc2ccccc2)[C@H](O[C@@H]2OC(COCc3ccccc3)[C@H](OCc3ccccc3)[C@H](OCc3ccccc3)C2OCc2ccccc2)[C@H](OCc2ccccc2)C1C. The lowest BCUT2D eigenvalue weighted by Gasteiger charge is -2.50. The van der Waals surface area contributed by atoms with E-state index in [1.54, 1.807) is 11.8 Å². The quantitative estimate of drug-likeness (QED) is 0.0585. The zero-order chi connectivity index (χ0) is 45.9. The molecule has 10 atom stereocenters. The number of hydrogen-bond donors (Lipinski definition) is 0. The highest BCUT2D eigenvalue weighted by atomic mass is 32.2. The number of rotatable bonds is 24. The Labute approximate surface area is 401 Å². The maximum absolute atomic E-state index is 7.46. The van der Waals surface area contributed by atoms with E-state index in [0.717, 1.165) is 39.1 Å². The third kappa shape index (κ3) is 14.4. The molecule has 67 heavy (non-hydrogen) atoms. The molecule has 2 fully saturated rings. The van der Waals surface area contributed by atoms with Crippen LogP contribution in [0.1, 0.15) is 47.2 Å². The molecule has 10 heteroatoms. The molecule has 2 aliphatic heterocycles. The van der Waals surface area contributed by atoms with Crippen molar-refractivity contribution in [1.82, 2.24) is 0 Å². The van der Waals surface area contributed by atoms with Crippen LogP contribution in [0.15, 0.2) is 182 Å². The fourth-order valence-corrected chi connectivity index (χ4v) is 9.59. The van der Waals surface area contributed by atoms with Gasteiger partial charge in [0.05, 0.1) is 59.0 Å². The molecule has 9 nitrogen and oxygen atoms in total. The van der Waals surface area contributed by atoms with Gasteiger partial charge in [0.15, 0.2) is 6.29 Å². The Bertz CT molecular complexity index is 2240. The molecule has 6 aromatic carbocycles. The van der Waals surface area contributed by atoms with Gasteiger partial charge < -0.3 is 42.6 Å². The second kappa shape index (κ2) is 26.2. The normalized spacial score (nSPS) is 25.2. The number of hydrogen-bond acceptors (Lipinski definition) is 10. The first-order chi connectivity index (χ1) is 33.1. The van der Waals surface area contributed by atoms with Gasteiger partial charge in [-0.1, -0.05) is 196 Å². The maximum Gasteiger partial charge on any atom is 0.187 e. The summed E-state index contributed by atoms with van der Waals surface area (Å²) in [6.07, 6.45) is -5.23. The number of thioether (sulfide) groups is 1. The fraction of sp³-hybridized carbons (Fsp3) is 0.368. The van der Waals surface area contributed by atoms with Crippen molar-refractivity contribution in [2.24, 2.45) is 5.92 Å². The van der Waals surface area contributed by atoms with Gasteiger partial charge in [0.2, 0.25) is 0 Å². The predicted molar refractivity (Wildman–Crippen MR) is 262 cm³/mol. The molecule has 2 saturated heterocycles. The van der Waals surface area contributed by atoms with Crippen molar-refractivity contribution in [2.45, 2.75) is 108 Å². The van der Waals surface area contributed by atoms with E-state index in [9.17, 15) is 0 Å². The van der Waals surface area contributed by atoms with Crippen molar-refractivity contribution in [3.05, 3.63) is 215 Å². The van der Waals surface area contributed by atoms with Crippen LogP contribution in [0.25, 0.3) is 0 Å². The number of ether oxygens (including phenoxy) is 9. The summed E-state index contributed by atoms with van der Waals surface area (Å²) in [5.74, 6) is 0.813. The Kier molecular flexibility index (Phi) is 19.0. The standard InChI is InChI=1S/C57H64O9S/c1-3-67-57-42(2)51(60-36-45-26-14-6-15-27-45)53(50(65-57)41-59-35-44-24-12-5-13-25-44)66-56-55(63-39-48-32-20-9-21-33-48)54(62-38-47-30-18-8-19-31-47)52(61-37-46-28-16-7-17-29-46)49(64-56)40-58-34-43-22-10-4-11-23-43/h4-33,42,49-57H,3,34-41H2,1-2H3/t42?,49?,50?,51-,52+,53+,54+,55?,56+,57+/m1/s1. The summed E-state index contributed by atoms with van der Waals surface area (Å²) in [6.45, 7) is 6.93. The van der Waals surface area contributed by atoms with Gasteiger partial charge in [-0.05, 0) is 39.1 Å². The zero-order valence-electron chi connectivity index (χ0n) is 38.5. The van der Waals surface area contributed by atoms with Crippen molar-refractivity contribution in [3.63, 3.8) is 0 Å². The molecule has 352 valence electrons. The first-order valence-electron chi connectivity index (χ1n) is 23.5. The van der Waals surface area contributed by atoms with Crippen LogP contribution in [0.2, 0.25) is 0 Å². The third-order valence-corrected chi connectivity index (χ3v) is 13.3. The molecular weight excluding hydrogens is 861 g/mol. The Balaban J connectivity index is 1.16. The molecule has 2 heterocycles. The molecule has 0 amide bonds. The zero-order valence-corrected chi connectivity index (χ0v) is 39.4. The summed E-state index contributed by atoms with van der Waals surface area (Å²) in [5.41, 5.74) is 6.08. The average molecular weight is 925 g/mol. The highest BCUT2D eigenvalue weighted by Crippen LogP contribution is 2.39. The lowest BCUT2D eigenvalue weighted by molar-refractivity contribution is -0.356. The largest absolute Gasteiger partial charge is 0.374 e. The van der Waals surface area contributed by atoms with Crippen molar-refractivity contribution < 1.29 is 42.6 Å². The van der Waals surface area contributed by atoms with Crippen LogP contribution >= 0.6 is 11.8 Å². The van der Waals surface area contributed by atoms with Crippen molar-refractivity contribution in [3.8, 4) is 0 Å². The fourth-order valence-electron chi connectivity index (χ4n) is 8.59. The molecule has 0 aliphatic carbocycles. The lowest BCUT2D eigenvalue weighted by atomic mass is 9.92. The van der Waals surface area contributed by atoms with Crippen LogP contribution in [-0.2, 0) is 82.3 Å². The molecule has 4 unspecified atom stereocenters. The summed E-state index contributed by atoms with van der Waals surface area (Å²) >= 11 is 1.77. The smallest absolute Gasteiger partial charge is 0.187 e. The van der Waals surface area contributed by atoms with Gasteiger partial charge in [-0.3, -0.25) is 0 Å². The van der Waals surface area contributed by atoms with Crippen molar-refractivity contribution >= 4 is 11.8 Å². The molecule has 0 saturated carbocycles. The van der Waals surface area contributed by atoms with Crippen LogP contribution in [0.3, 0.4) is 0 Å². The van der Waals surface area contributed by atoms with Crippen LogP contribution < -0.4 is 0 Å². The van der Waals surface area contributed by atoms with Crippen LogP contribution in [0.4, 0.5) is 0 Å². The molecule has 0 bridgehead atoms. The van der Waals surface area contributed by atoms with Gasteiger partial charge >= 0.3 is 0 Å². The molecule has 0 N–H and O–H groups in total. The second-order valence-electron chi connectivity index (χ2n) is 17.0. The second-order valence-corrected chi connectivity index (χ2v) is 18.4. The summed E-state index contributed by atoms with van der Waals surface area (Å²) in [4.78, 5) is 0.